The van der Waals surface area contributed by atoms with Gasteiger partial charge in [-0.15, -0.1) is 0 Å². The van der Waals surface area contributed by atoms with E-state index in [0.29, 0.717) is 6.54 Å². The Labute approximate surface area is 121 Å². The molecule has 110 valence electrons. The molecule has 0 radical (unpaired) electrons. The Bertz CT molecular complexity index is 587. The second-order valence-corrected chi connectivity index (χ2v) is 6.43. The smallest absolute Gasteiger partial charge is 0.129 e. The quantitative estimate of drug-likeness (QED) is 0.930. The summed E-state index contributed by atoms with van der Waals surface area (Å²) >= 11 is 0. The maximum absolute atomic E-state index is 5.64. The van der Waals surface area contributed by atoms with Crippen LogP contribution in [0.1, 0.15) is 49.0 Å². The predicted molar refractivity (Wildman–Crippen MR) is 80.8 cm³/mol. The van der Waals surface area contributed by atoms with Gasteiger partial charge in [-0.05, 0) is 53.2 Å². The van der Waals surface area contributed by atoms with Gasteiger partial charge in [0, 0.05) is 23.3 Å². The second kappa shape index (κ2) is 5.44. The van der Waals surface area contributed by atoms with Gasteiger partial charge in [-0.3, -0.25) is 4.68 Å². The van der Waals surface area contributed by atoms with Crippen LogP contribution in [0.25, 0.3) is 0 Å². The Morgan fingerprint density at radius 3 is 2.50 bits per heavy atom. The van der Waals surface area contributed by atoms with Crippen LogP contribution >= 0.6 is 0 Å². The van der Waals surface area contributed by atoms with Crippen molar-refractivity contribution in [3.8, 4) is 0 Å². The van der Waals surface area contributed by atoms with Crippen molar-refractivity contribution in [1.82, 2.24) is 15.1 Å². The molecule has 2 aromatic rings. The van der Waals surface area contributed by atoms with Crippen LogP contribution in [-0.4, -0.2) is 15.3 Å². The molecule has 0 aliphatic carbocycles. The van der Waals surface area contributed by atoms with Crippen LogP contribution in [0.2, 0.25) is 0 Å². The molecule has 0 atom stereocenters. The maximum atomic E-state index is 5.64. The number of aromatic nitrogens is 2. The summed E-state index contributed by atoms with van der Waals surface area (Å²) in [5.41, 5.74) is 4.84. The molecule has 0 aliphatic rings. The molecule has 0 aliphatic heterocycles. The van der Waals surface area contributed by atoms with Gasteiger partial charge in [0.1, 0.15) is 5.76 Å². The lowest BCUT2D eigenvalue weighted by atomic mass is 10.1. The SMILES string of the molecule is Cc1nn(Cc2occc2CNC(C)(C)C)c(C)c1C. The first-order chi connectivity index (χ1) is 9.28. The number of hydrogen-bond acceptors (Lipinski definition) is 3. The molecule has 0 fully saturated rings. The molecule has 0 aromatic carbocycles. The molecule has 2 aromatic heterocycles. The van der Waals surface area contributed by atoms with Gasteiger partial charge in [0.05, 0.1) is 18.5 Å². The highest BCUT2D eigenvalue weighted by molar-refractivity contribution is 5.24. The Morgan fingerprint density at radius 1 is 1.25 bits per heavy atom. The Morgan fingerprint density at radius 2 is 1.95 bits per heavy atom. The van der Waals surface area contributed by atoms with Gasteiger partial charge in [-0.25, -0.2) is 0 Å². The monoisotopic (exact) mass is 275 g/mol. The summed E-state index contributed by atoms with van der Waals surface area (Å²) in [6.07, 6.45) is 1.76. The van der Waals surface area contributed by atoms with E-state index in [9.17, 15) is 0 Å². The summed E-state index contributed by atoms with van der Waals surface area (Å²) in [7, 11) is 0. The highest BCUT2D eigenvalue weighted by atomic mass is 16.3. The third kappa shape index (κ3) is 3.31. The number of nitrogens with one attached hydrogen (secondary N) is 1. The molecule has 0 bridgehead atoms. The lowest BCUT2D eigenvalue weighted by molar-refractivity contribution is 0.415. The van der Waals surface area contributed by atoms with Crippen LogP contribution in [0.15, 0.2) is 16.7 Å². The molecule has 0 amide bonds. The molecule has 0 spiro atoms. The van der Waals surface area contributed by atoms with Gasteiger partial charge in [0.2, 0.25) is 0 Å². The molecule has 2 rings (SSSR count). The first-order valence-electron chi connectivity index (χ1n) is 7.09. The Hall–Kier alpha value is -1.55. The molecule has 4 nitrogen and oxygen atoms in total. The highest BCUT2D eigenvalue weighted by Gasteiger charge is 2.14. The van der Waals surface area contributed by atoms with E-state index in [4.69, 9.17) is 4.42 Å². The molecule has 2 heterocycles. The van der Waals surface area contributed by atoms with Crippen LogP contribution < -0.4 is 5.32 Å². The van der Waals surface area contributed by atoms with E-state index < -0.39 is 0 Å². The fourth-order valence-electron chi connectivity index (χ4n) is 2.10. The summed E-state index contributed by atoms with van der Waals surface area (Å²) in [4.78, 5) is 0. The molecular formula is C16H25N3O. The first-order valence-corrected chi connectivity index (χ1v) is 7.09. The van der Waals surface area contributed by atoms with E-state index >= 15 is 0 Å². The van der Waals surface area contributed by atoms with Crippen molar-refractivity contribution >= 4 is 0 Å². The van der Waals surface area contributed by atoms with Gasteiger partial charge in [-0.1, -0.05) is 0 Å². The molecular weight excluding hydrogens is 250 g/mol. The van der Waals surface area contributed by atoms with Gasteiger partial charge in [0.15, 0.2) is 0 Å². The van der Waals surface area contributed by atoms with Crippen LogP contribution in [0, 0.1) is 20.8 Å². The average molecular weight is 275 g/mol. The van der Waals surface area contributed by atoms with Crippen molar-refractivity contribution in [2.24, 2.45) is 0 Å². The molecule has 0 unspecified atom stereocenters. The zero-order valence-corrected chi connectivity index (χ0v) is 13.4. The molecule has 0 saturated heterocycles. The molecule has 0 saturated carbocycles. The van der Waals surface area contributed by atoms with E-state index in [0.717, 1.165) is 18.0 Å². The van der Waals surface area contributed by atoms with Crippen LogP contribution in [0.5, 0.6) is 0 Å². The fraction of sp³-hybridized carbons (Fsp3) is 0.562. The van der Waals surface area contributed by atoms with Crippen molar-refractivity contribution in [2.75, 3.05) is 0 Å². The van der Waals surface area contributed by atoms with E-state index in [1.807, 2.05) is 17.7 Å². The molecule has 4 heteroatoms. The lowest BCUT2D eigenvalue weighted by Crippen LogP contribution is -2.35. The molecule has 1 N–H and O–H groups in total. The minimum atomic E-state index is 0.101. The van der Waals surface area contributed by atoms with Crippen LogP contribution in [0.3, 0.4) is 0 Å². The predicted octanol–water partition coefficient (Wildman–Crippen LogP) is 3.34. The van der Waals surface area contributed by atoms with Crippen molar-refractivity contribution < 1.29 is 4.42 Å². The van der Waals surface area contributed by atoms with Crippen molar-refractivity contribution in [3.63, 3.8) is 0 Å². The fourth-order valence-corrected chi connectivity index (χ4v) is 2.10. The van der Waals surface area contributed by atoms with Crippen LogP contribution in [0.4, 0.5) is 0 Å². The summed E-state index contributed by atoms with van der Waals surface area (Å²) in [5, 5.41) is 8.06. The largest absolute Gasteiger partial charge is 0.467 e. The number of aryl methyl sites for hydroxylation is 1. The highest BCUT2D eigenvalue weighted by Crippen LogP contribution is 2.17. The minimum absolute atomic E-state index is 0.101. The van der Waals surface area contributed by atoms with Gasteiger partial charge >= 0.3 is 0 Å². The summed E-state index contributed by atoms with van der Waals surface area (Å²) in [6, 6.07) is 2.03. The molecule has 20 heavy (non-hydrogen) atoms. The van der Waals surface area contributed by atoms with Gasteiger partial charge in [-0.2, -0.15) is 5.10 Å². The summed E-state index contributed by atoms with van der Waals surface area (Å²) in [5.74, 6) is 0.979. The van der Waals surface area contributed by atoms with Gasteiger partial charge in [0.25, 0.3) is 0 Å². The third-order valence-electron chi connectivity index (χ3n) is 3.68. The second-order valence-electron chi connectivity index (χ2n) is 6.43. The topological polar surface area (TPSA) is 43.0 Å². The van der Waals surface area contributed by atoms with E-state index in [2.05, 4.69) is 45.0 Å². The van der Waals surface area contributed by atoms with E-state index in [1.54, 1.807) is 6.26 Å². The van der Waals surface area contributed by atoms with Crippen LogP contribution in [-0.2, 0) is 13.1 Å². The van der Waals surface area contributed by atoms with E-state index in [1.165, 1.54) is 16.8 Å². The Kier molecular flexibility index (Phi) is 4.04. The average Bonchev–Trinajstić information content (AvgIpc) is 2.88. The van der Waals surface area contributed by atoms with Crippen molar-refractivity contribution in [2.45, 2.75) is 60.2 Å². The Balaban J connectivity index is 2.14. The number of furan rings is 1. The van der Waals surface area contributed by atoms with Crippen molar-refractivity contribution in [1.29, 1.82) is 0 Å². The summed E-state index contributed by atoms with van der Waals surface area (Å²) < 4.78 is 7.66. The third-order valence-corrected chi connectivity index (χ3v) is 3.68. The zero-order chi connectivity index (χ0) is 14.9. The van der Waals surface area contributed by atoms with E-state index in [-0.39, 0.29) is 5.54 Å². The normalized spacial score (nSPS) is 12.1. The summed E-state index contributed by atoms with van der Waals surface area (Å²) in [6.45, 7) is 14.3. The minimum Gasteiger partial charge on any atom is -0.467 e. The maximum Gasteiger partial charge on any atom is 0.129 e. The number of hydrogen-bond donors (Lipinski definition) is 1. The lowest BCUT2D eigenvalue weighted by Gasteiger charge is -2.20. The van der Waals surface area contributed by atoms with Gasteiger partial charge < -0.3 is 9.73 Å². The zero-order valence-electron chi connectivity index (χ0n) is 13.4. The number of nitrogens with zero attached hydrogens (tertiary/aromatic N) is 2. The standard InChI is InChI=1S/C16H25N3O/c1-11-12(2)18-19(13(11)3)10-15-14(7-8-20-15)9-17-16(4,5)6/h7-8,17H,9-10H2,1-6H3. The first kappa shape index (κ1) is 14.9. The van der Waals surface area contributed by atoms with Crippen molar-refractivity contribution in [3.05, 3.63) is 40.6 Å². The number of rotatable bonds is 4.